The van der Waals surface area contributed by atoms with Crippen molar-refractivity contribution in [3.8, 4) is 0 Å². The minimum Gasteiger partial charge on any atom is -0.361 e. The molecule has 0 unspecified atom stereocenters. The standard InChI is InChI=1S/C4H5N2P/c5-6-4-1-2-7-3-4/h3H,1-2H2. The molecule has 1 rings (SSSR count). The van der Waals surface area contributed by atoms with E-state index in [1.807, 2.05) is 5.80 Å². The van der Waals surface area contributed by atoms with E-state index in [1.54, 1.807) is 0 Å². The van der Waals surface area contributed by atoms with Gasteiger partial charge in [-0.05, 0) is 0 Å². The Morgan fingerprint density at radius 2 is 2.71 bits per heavy atom. The van der Waals surface area contributed by atoms with Crippen molar-refractivity contribution in [1.82, 2.24) is 0 Å². The highest BCUT2D eigenvalue weighted by atomic mass is 31.1. The summed E-state index contributed by atoms with van der Waals surface area (Å²) in [7, 11) is 1.29. The number of hydrogen-bond acceptors (Lipinski definition) is 0. The third kappa shape index (κ3) is 0.957. The number of nitrogens with zero attached hydrogens (tertiary/aromatic N) is 2. The van der Waals surface area contributed by atoms with Crippen LogP contribution in [-0.4, -0.2) is 22.5 Å². The van der Waals surface area contributed by atoms with Crippen molar-refractivity contribution in [2.24, 2.45) is 0 Å². The lowest BCUT2D eigenvalue weighted by atomic mass is 10.3. The van der Waals surface area contributed by atoms with Crippen molar-refractivity contribution in [1.29, 1.82) is 0 Å². The second-order valence-corrected chi connectivity index (χ2v) is 2.45. The molecule has 0 radical (unpaired) electrons. The molecule has 0 N–H and O–H groups in total. The molecule has 2 nitrogen and oxygen atoms in total. The fourth-order valence-electron chi connectivity index (χ4n) is 0.489. The van der Waals surface area contributed by atoms with Gasteiger partial charge in [0.05, 0.1) is 6.42 Å². The average molecular weight is 112 g/mol. The summed E-state index contributed by atoms with van der Waals surface area (Å²) in [6.07, 6.45) is 2.07. The zero-order valence-corrected chi connectivity index (χ0v) is 4.73. The maximum Gasteiger partial charge on any atom is 0.296 e. The summed E-state index contributed by atoms with van der Waals surface area (Å²) in [6, 6.07) is 0. The highest BCUT2D eigenvalue weighted by Crippen LogP contribution is 2.05. The van der Waals surface area contributed by atoms with Gasteiger partial charge >= 0.3 is 0 Å². The van der Waals surface area contributed by atoms with Crippen molar-refractivity contribution < 1.29 is 4.79 Å². The largest absolute Gasteiger partial charge is 0.361 e. The van der Waals surface area contributed by atoms with Gasteiger partial charge in [-0.15, -0.1) is 0 Å². The smallest absolute Gasteiger partial charge is 0.296 e. The summed E-state index contributed by atoms with van der Waals surface area (Å²) in [5.41, 5.74) is 8.95. The first-order valence-electron chi connectivity index (χ1n) is 2.14. The zero-order valence-electron chi connectivity index (χ0n) is 3.83. The van der Waals surface area contributed by atoms with E-state index in [-0.39, 0.29) is 0 Å². The molecule has 0 atom stereocenters. The van der Waals surface area contributed by atoms with E-state index in [2.05, 4.69) is 4.79 Å². The Balaban J connectivity index is 2.77. The molecule has 1 aliphatic heterocycles. The van der Waals surface area contributed by atoms with Gasteiger partial charge in [-0.3, -0.25) is 0 Å². The van der Waals surface area contributed by atoms with Crippen LogP contribution in [-0.2, 0) is 0 Å². The zero-order chi connectivity index (χ0) is 5.11. The molecule has 1 heterocycles. The summed E-state index contributed by atoms with van der Waals surface area (Å²) in [4.78, 5) is 3.04. The molecule has 0 aromatic carbocycles. The molecule has 36 valence electrons. The van der Waals surface area contributed by atoms with Crippen LogP contribution in [0.5, 0.6) is 0 Å². The van der Waals surface area contributed by atoms with Crippen LogP contribution in [0.1, 0.15) is 6.42 Å². The van der Waals surface area contributed by atoms with Crippen LogP contribution in [0.3, 0.4) is 0 Å². The Hall–Kier alpha value is -0.450. The Morgan fingerprint density at radius 1 is 1.86 bits per heavy atom. The van der Waals surface area contributed by atoms with Gasteiger partial charge < -0.3 is 5.53 Å². The molecule has 0 aromatic rings. The molecular weight excluding hydrogens is 107 g/mol. The van der Waals surface area contributed by atoms with Gasteiger partial charge in [0, 0.05) is 12.0 Å². The average Bonchev–Trinajstić information content (AvgIpc) is 2.14. The molecule has 0 bridgehead atoms. The monoisotopic (exact) mass is 112 g/mol. The molecule has 0 saturated carbocycles. The van der Waals surface area contributed by atoms with Gasteiger partial charge in [0.2, 0.25) is 0 Å². The second kappa shape index (κ2) is 2.02. The van der Waals surface area contributed by atoms with Crippen LogP contribution in [0.25, 0.3) is 5.53 Å². The molecule has 0 saturated heterocycles. The van der Waals surface area contributed by atoms with Crippen molar-refractivity contribution in [3.05, 3.63) is 5.53 Å². The minimum absolute atomic E-state index is 0.835. The van der Waals surface area contributed by atoms with Gasteiger partial charge in [0.1, 0.15) is 0 Å². The molecule has 7 heavy (non-hydrogen) atoms. The summed E-state index contributed by atoms with van der Waals surface area (Å²) in [6.45, 7) is 0. The van der Waals surface area contributed by atoms with Gasteiger partial charge in [-0.1, -0.05) is 8.20 Å². The molecule has 0 aromatic heterocycles. The summed E-state index contributed by atoms with van der Waals surface area (Å²) >= 11 is 0. The first-order chi connectivity index (χ1) is 3.43. The SMILES string of the molecule is [N-]=[N+]=C1C=PCC1. The van der Waals surface area contributed by atoms with E-state index < -0.39 is 0 Å². The van der Waals surface area contributed by atoms with Gasteiger partial charge in [0.15, 0.2) is 0 Å². The van der Waals surface area contributed by atoms with Gasteiger partial charge in [-0.25, -0.2) is 0 Å². The predicted octanol–water partition coefficient (Wildman–Crippen LogP) is 0.809. The van der Waals surface area contributed by atoms with Crippen LogP contribution in [0.2, 0.25) is 0 Å². The van der Waals surface area contributed by atoms with Crippen LogP contribution in [0, 0.1) is 0 Å². The van der Waals surface area contributed by atoms with E-state index in [0.717, 1.165) is 18.3 Å². The summed E-state index contributed by atoms with van der Waals surface area (Å²) in [5.74, 6) is 1.93. The van der Waals surface area contributed by atoms with Crippen molar-refractivity contribution in [2.45, 2.75) is 6.42 Å². The Bertz CT molecular complexity index is 144. The molecule has 1 aliphatic rings. The third-order valence-electron chi connectivity index (χ3n) is 0.866. The molecule has 3 heteroatoms. The Labute approximate surface area is 43.6 Å². The lowest BCUT2D eigenvalue weighted by molar-refractivity contribution is -0.00321. The molecule has 0 aliphatic carbocycles. The van der Waals surface area contributed by atoms with Crippen molar-refractivity contribution in [2.75, 3.05) is 6.16 Å². The highest BCUT2D eigenvalue weighted by molar-refractivity contribution is 7.42. The Kier molecular flexibility index (Phi) is 1.35. The van der Waals surface area contributed by atoms with Gasteiger partial charge in [0.25, 0.3) is 5.71 Å². The lowest BCUT2D eigenvalue weighted by Gasteiger charge is -1.67. The molecule has 0 amide bonds. The summed E-state index contributed by atoms with van der Waals surface area (Å²) in [5, 5.41) is 0. The van der Waals surface area contributed by atoms with Crippen LogP contribution in [0.15, 0.2) is 0 Å². The van der Waals surface area contributed by atoms with Crippen molar-refractivity contribution >= 4 is 19.7 Å². The molecular formula is C4H5N2P. The van der Waals surface area contributed by atoms with Gasteiger partial charge in [-0.2, -0.15) is 4.79 Å². The maximum absolute atomic E-state index is 8.12. The quantitative estimate of drug-likeness (QED) is 0.252. The topological polar surface area (TPSA) is 36.4 Å². The fraction of sp³-hybridized carbons (Fsp3) is 0.500. The minimum atomic E-state index is 0.835. The number of rotatable bonds is 0. The second-order valence-electron chi connectivity index (χ2n) is 1.38. The highest BCUT2D eigenvalue weighted by Gasteiger charge is 2.06. The molecule has 0 spiro atoms. The summed E-state index contributed by atoms with van der Waals surface area (Å²) < 4.78 is 0. The van der Waals surface area contributed by atoms with Crippen LogP contribution >= 0.6 is 8.20 Å². The number of hydrogen-bond donors (Lipinski definition) is 0. The van der Waals surface area contributed by atoms with Crippen molar-refractivity contribution in [3.63, 3.8) is 0 Å². The molecule has 0 fully saturated rings. The predicted molar refractivity (Wildman–Crippen MR) is 31.1 cm³/mol. The fourth-order valence-corrected chi connectivity index (χ4v) is 1.37. The van der Waals surface area contributed by atoms with E-state index in [4.69, 9.17) is 5.53 Å². The maximum atomic E-state index is 8.12. The van der Waals surface area contributed by atoms with E-state index in [1.165, 1.54) is 8.20 Å². The normalized spacial score (nSPS) is 19.7. The lowest BCUT2D eigenvalue weighted by Crippen LogP contribution is -1.92. The third-order valence-corrected chi connectivity index (χ3v) is 1.83. The van der Waals surface area contributed by atoms with Crippen LogP contribution in [0.4, 0.5) is 0 Å². The van der Waals surface area contributed by atoms with Crippen LogP contribution < -0.4 is 0 Å². The Morgan fingerprint density at radius 3 is 3.00 bits per heavy atom. The van der Waals surface area contributed by atoms with E-state index >= 15 is 0 Å². The van der Waals surface area contributed by atoms with E-state index in [9.17, 15) is 0 Å². The van der Waals surface area contributed by atoms with E-state index in [0.29, 0.717) is 0 Å². The first kappa shape index (κ1) is 4.70. The first-order valence-corrected chi connectivity index (χ1v) is 3.29.